The first-order valence-corrected chi connectivity index (χ1v) is 10.2. The van der Waals surface area contributed by atoms with Crippen LogP contribution in [-0.4, -0.2) is 23.0 Å². The predicted molar refractivity (Wildman–Crippen MR) is 127 cm³/mol. The molecular formula is C23H20ClN3O3S. The number of para-hydroxylation sites is 1. The largest absolute Gasteiger partial charge is 0.479 e. The van der Waals surface area contributed by atoms with Crippen LogP contribution >= 0.6 is 23.8 Å². The van der Waals surface area contributed by atoms with Crippen LogP contribution in [0.25, 0.3) is 0 Å². The van der Waals surface area contributed by atoms with Gasteiger partial charge in [0.15, 0.2) is 11.2 Å². The second kappa shape index (κ2) is 10.6. The van der Waals surface area contributed by atoms with Crippen molar-refractivity contribution in [3.05, 3.63) is 89.4 Å². The third-order valence-corrected chi connectivity index (χ3v) is 4.70. The summed E-state index contributed by atoms with van der Waals surface area (Å²) >= 11 is 11.2. The van der Waals surface area contributed by atoms with Crippen molar-refractivity contribution in [2.75, 3.05) is 10.6 Å². The highest BCUT2D eigenvalue weighted by molar-refractivity contribution is 7.80. The van der Waals surface area contributed by atoms with Gasteiger partial charge in [0.1, 0.15) is 5.75 Å². The van der Waals surface area contributed by atoms with Crippen LogP contribution < -0.4 is 20.7 Å². The lowest BCUT2D eigenvalue weighted by Crippen LogP contribution is -2.34. The number of benzene rings is 3. The van der Waals surface area contributed by atoms with Crippen LogP contribution in [0, 0.1) is 0 Å². The molecule has 6 nitrogen and oxygen atoms in total. The van der Waals surface area contributed by atoms with Gasteiger partial charge in [-0.1, -0.05) is 41.9 Å². The van der Waals surface area contributed by atoms with Gasteiger partial charge >= 0.3 is 0 Å². The van der Waals surface area contributed by atoms with Crippen molar-refractivity contribution in [2.45, 2.75) is 13.0 Å². The second-order valence-corrected chi connectivity index (χ2v) is 7.35. The smallest absolute Gasteiger partial charge is 0.265 e. The van der Waals surface area contributed by atoms with Gasteiger partial charge in [0.05, 0.1) is 5.02 Å². The van der Waals surface area contributed by atoms with E-state index in [9.17, 15) is 9.59 Å². The van der Waals surface area contributed by atoms with Gasteiger partial charge in [-0.25, -0.2) is 0 Å². The fourth-order valence-electron chi connectivity index (χ4n) is 2.59. The Bertz CT molecular complexity index is 1070. The number of ether oxygens (including phenoxy) is 1. The van der Waals surface area contributed by atoms with Crippen LogP contribution in [-0.2, 0) is 4.79 Å². The summed E-state index contributed by atoms with van der Waals surface area (Å²) in [5.41, 5.74) is 1.76. The van der Waals surface area contributed by atoms with E-state index in [2.05, 4.69) is 16.0 Å². The zero-order valence-electron chi connectivity index (χ0n) is 16.6. The summed E-state index contributed by atoms with van der Waals surface area (Å²) in [5.74, 6) is -0.168. The molecule has 0 aliphatic heterocycles. The molecule has 3 aromatic carbocycles. The molecule has 0 aliphatic rings. The Morgan fingerprint density at radius 3 is 2.10 bits per heavy atom. The van der Waals surface area contributed by atoms with Gasteiger partial charge in [-0.05, 0) is 67.7 Å². The number of carbonyl (C=O) groups excluding carboxylic acids is 2. The molecule has 0 radical (unpaired) electrons. The third-order valence-electron chi connectivity index (χ3n) is 4.18. The Labute approximate surface area is 190 Å². The summed E-state index contributed by atoms with van der Waals surface area (Å²) in [6.45, 7) is 1.64. The molecule has 158 valence electrons. The monoisotopic (exact) mass is 453 g/mol. The highest BCUT2D eigenvalue weighted by Crippen LogP contribution is 2.24. The Balaban J connectivity index is 1.51. The first kappa shape index (κ1) is 22.3. The molecule has 0 aromatic heterocycles. The minimum absolute atomic E-state index is 0.174. The molecule has 8 heteroatoms. The lowest BCUT2D eigenvalue weighted by molar-refractivity contribution is -0.122. The van der Waals surface area contributed by atoms with Gasteiger partial charge in [0, 0.05) is 16.9 Å². The minimum Gasteiger partial charge on any atom is -0.479 e. The van der Waals surface area contributed by atoms with Crippen molar-refractivity contribution < 1.29 is 14.3 Å². The average molecular weight is 454 g/mol. The molecule has 1 unspecified atom stereocenters. The van der Waals surface area contributed by atoms with Gasteiger partial charge in [-0.2, -0.15) is 0 Å². The molecule has 3 rings (SSSR count). The topological polar surface area (TPSA) is 79.5 Å². The molecule has 0 aliphatic carbocycles. The normalized spacial score (nSPS) is 11.2. The van der Waals surface area contributed by atoms with Gasteiger partial charge in [0.2, 0.25) is 0 Å². The van der Waals surface area contributed by atoms with E-state index in [0.29, 0.717) is 27.7 Å². The van der Waals surface area contributed by atoms with E-state index < -0.39 is 6.10 Å². The third kappa shape index (κ3) is 6.53. The Hall–Kier alpha value is -3.42. The van der Waals surface area contributed by atoms with E-state index in [4.69, 9.17) is 28.6 Å². The van der Waals surface area contributed by atoms with E-state index in [-0.39, 0.29) is 16.9 Å². The Morgan fingerprint density at radius 1 is 0.871 bits per heavy atom. The quantitative estimate of drug-likeness (QED) is 0.464. The Kier molecular flexibility index (Phi) is 7.59. The van der Waals surface area contributed by atoms with E-state index in [1.165, 1.54) is 0 Å². The van der Waals surface area contributed by atoms with Crippen molar-refractivity contribution in [3.8, 4) is 5.75 Å². The van der Waals surface area contributed by atoms with E-state index >= 15 is 0 Å². The summed E-state index contributed by atoms with van der Waals surface area (Å²) in [6, 6.07) is 22.6. The zero-order chi connectivity index (χ0) is 22.2. The first-order valence-electron chi connectivity index (χ1n) is 9.42. The summed E-state index contributed by atoms with van der Waals surface area (Å²) in [5, 5.41) is 8.94. The number of amides is 2. The van der Waals surface area contributed by atoms with Gasteiger partial charge in [-0.15, -0.1) is 0 Å². The lowest BCUT2D eigenvalue weighted by Gasteiger charge is -2.16. The number of anilines is 2. The fourth-order valence-corrected chi connectivity index (χ4v) is 2.98. The summed E-state index contributed by atoms with van der Waals surface area (Å²) in [7, 11) is 0. The van der Waals surface area contributed by atoms with Gasteiger partial charge < -0.3 is 15.4 Å². The predicted octanol–water partition coefficient (Wildman–Crippen LogP) is 4.87. The number of hydrogen-bond donors (Lipinski definition) is 3. The van der Waals surface area contributed by atoms with Crippen LogP contribution in [0.15, 0.2) is 78.9 Å². The molecular weight excluding hydrogens is 434 g/mol. The van der Waals surface area contributed by atoms with Crippen LogP contribution in [0.4, 0.5) is 11.4 Å². The summed E-state index contributed by atoms with van der Waals surface area (Å²) in [6.07, 6.45) is -0.738. The van der Waals surface area contributed by atoms with Crippen molar-refractivity contribution in [1.82, 2.24) is 5.32 Å². The maximum absolute atomic E-state index is 12.4. The molecule has 3 N–H and O–H groups in total. The minimum atomic E-state index is -0.738. The highest BCUT2D eigenvalue weighted by atomic mass is 35.5. The van der Waals surface area contributed by atoms with E-state index in [1.54, 1.807) is 79.7 Å². The van der Waals surface area contributed by atoms with Crippen LogP contribution in [0.3, 0.4) is 0 Å². The van der Waals surface area contributed by atoms with Crippen molar-refractivity contribution in [2.24, 2.45) is 0 Å². The SMILES string of the molecule is CC(Oc1ccccc1Cl)C(=O)Nc1ccc(NC(=S)NC(=O)c2ccccc2)cc1. The highest BCUT2D eigenvalue weighted by Gasteiger charge is 2.16. The molecule has 0 bridgehead atoms. The number of halogens is 1. The molecule has 0 fully saturated rings. The summed E-state index contributed by atoms with van der Waals surface area (Å²) in [4.78, 5) is 24.5. The fraction of sp³-hybridized carbons (Fsp3) is 0.0870. The van der Waals surface area contributed by atoms with Crippen molar-refractivity contribution in [3.63, 3.8) is 0 Å². The van der Waals surface area contributed by atoms with Crippen LogP contribution in [0.2, 0.25) is 5.02 Å². The summed E-state index contributed by atoms with van der Waals surface area (Å²) < 4.78 is 5.62. The number of hydrogen-bond acceptors (Lipinski definition) is 4. The van der Waals surface area contributed by atoms with Crippen molar-refractivity contribution in [1.29, 1.82) is 0 Å². The number of thiocarbonyl (C=S) groups is 1. The molecule has 2 amide bonds. The molecule has 31 heavy (non-hydrogen) atoms. The maximum atomic E-state index is 12.4. The average Bonchev–Trinajstić information content (AvgIpc) is 2.77. The van der Waals surface area contributed by atoms with E-state index in [0.717, 1.165) is 0 Å². The van der Waals surface area contributed by atoms with Crippen LogP contribution in [0.1, 0.15) is 17.3 Å². The molecule has 3 aromatic rings. The molecule has 0 spiro atoms. The first-order chi connectivity index (χ1) is 14.9. The zero-order valence-corrected chi connectivity index (χ0v) is 18.2. The second-order valence-electron chi connectivity index (χ2n) is 6.53. The standard InChI is InChI=1S/C23H20ClN3O3S/c1-15(30-20-10-6-5-9-19(20)24)21(28)25-17-11-13-18(14-12-17)26-23(31)27-22(29)16-7-3-2-4-8-16/h2-15H,1H3,(H,25,28)(H2,26,27,29,31). The lowest BCUT2D eigenvalue weighted by atomic mass is 10.2. The molecule has 0 saturated heterocycles. The number of carbonyl (C=O) groups is 2. The van der Waals surface area contributed by atoms with Gasteiger partial charge in [0.25, 0.3) is 11.8 Å². The number of rotatable bonds is 6. The van der Waals surface area contributed by atoms with Crippen LogP contribution in [0.5, 0.6) is 5.75 Å². The maximum Gasteiger partial charge on any atom is 0.265 e. The molecule has 0 saturated carbocycles. The molecule has 1 atom stereocenters. The van der Waals surface area contributed by atoms with Crippen molar-refractivity contribution >= 4 is 52.1 Å². The van der Waals surface area contributed by atoms with E-state index in [1.807, 2.05) is 6.07 Å². The Morgan fingerprint density at radius 2 is 1.45 bits per heavy atom. The number of nitrogens with one attached hydrogen (secondary N) is 3. The van der Waals surface area contributed by atoms with Gasteiger partial charge in [-0.3, -0.25) is 14.9 Å². The molecule has 0 heterocycles.